The standard InChI is InChI=1S/C22H20FN5O/c1-15-18(14-25-28(15)16-8-4-3-5-9-16)22(29)26-20(21-24-12-13-27(21)2)17-10-6-7-11-19(17)23/h3-14,20H,1-2H3,(H,26,29). The first-order valence-corrected chi connectivity index (χ1v) is 9.19. The van der Waals surface area contributed by atoms with Gasteiger partial charge in [0.1, 0.15) is 17.7 Å². The highest BCUT2D eigenvalue weighted by molar-refractivity contribution is 5.95. The van der Waals surface area contributed by atoms with Gasteiger partial charge in [-0.25, -0.2) is 14.1 Å². The van der Waals surface area contributed by atoms with E-state index in [4.69, 9.17) is 0 Å². The van der Waals surface area contributed by atoms with Crippen molar-refractivity contribution in [3.63, 3.8) is 0 Å². The van der Waals surface area contributed by atoms with Crippen molar-refractivity contribution in [1.29, 1.82) is 0 Å². The summed E-state index contributed by atoms with van der Waals surface area (Å²) in [7, 11) is 1.81. The number of para-hydroxylation sites is 1. The second-order valence-electron chi connectivity index (χ2n) is 6.72. The molecule has 2 heterocycles. The van der Waals surface area contributed by atoms with Crippen LogP contribution in [-0.4, -0.2) is 25.2 Å². The molecule has 146 valence electrons. The molecule has 2 aromatic carbocycles. The summed E-state index contributed by atoms with van der Waals surface area (Å²) in [5.41, 5.74) is 2.33. The molecule has 0 radical (unpaired) electrons. The van der Waals surface area contributed by atoms with Crippen LogP contribution in [0.25, 0.3) is 5.69 Å². The van der Waals surface area contributed by atoms with Crippen LogP contribution in [0.15, 0.2) is 73.2 Å². The van der Waals surface area contributed by atoms with Crippen LogP contribution in [0.5, 0.6) is 0 Å². The van der Waals surface area contributed by atoms with E-state index in [1.54, 1.807) is 46.9 Å². The summed E-state index contributed by atoms with van der Waals surface area (Å²) in [6, 6.07) is 15.2. The minimum atomic E-state index is -0.733. The molecule has 0 aliphatic heterocycles. The van der Waals surface area contributed by atoms with Crippen molar-refractivity contribution >= 4 is 5.91 Å². The van der Waals surface area contributed by atoms with Crippen molar-refractivity contribution in [2.24, 2.45) is 7.05 Å². The van der Waals surface area contributed by atoms with Gasteiger partial charge >= 0.3 is 0 Å². The van der Waals surface area contributed by atoms with Gasteiger partial charge in [0.15, 0.2) is 0 Å². The van der Waals surface area contributed by atoms with Crippen LogP contribution in [0, 0.1) is 12.7 Å². The van der Waals surface area contributed by atoms with Crippen molar-refractivity contribution in [1.82, 2.24) is 24.6 Å². The van der Waals surface area contributed by atoms with Gasteiger partial charge in [-0.15, -0.1) is 0 Å². The number of imidazole rings is 1. The molecule has 0 saturated heterocycles. The summed E-state index contributed by atoms with van der Waals surface area (Å²) in [5.74, 6) is -0.213. The molecule has 29 heavy (non-hydrogen) atoms. The fourth-order valence-corrected chi connectivity index (χ4v) is 3.32. The molecule has 0 fully saturated rings. The van der Waals surface area contributed by atoms with E-state index in [9.17, 15) is 9.18 Å². The molecule has 2 aromatic heterocycles. The number of aromatic nitrogens is 4. The molecule has 0 spiro atoms. The zero-order valence-electron chi connectivity index (χ0n) is 16.1. The highest BCUT2D eigenvalue weighted by Crippen LogP contribution is 2.24. The molecular formula is C22H20FN5O. The van der Waals surface area contributed by atoms with Crippen molar-refractivity contribution < 1.29 is 9.18 Å². The molecule has 1 N–H and O–H groups in total. The Bertz CT molecular complexity index is 1150. The lowest BCUT2D eigenvalue weighted by atomic mass is 10.0. The number of carbonyl (C=O) groups is 1. The van der Waals surface area contributed by atoms with Crippen molar-refractivity contribution in [2.45, 2.75) is 13.0 Å². The number of benzene rings is 2. The van der Waals surface area contributed by atoms with Crippen LogP contribution >= 0.6 is 0 Å². The second-order valence-corrected chi connectivity index (χ2v) is 6.72. The highest BCUT2D eigenvalue weighted by Gasteiger charge is 2.25. The predicted octanol–water partition coefficient (Wildman–Crippen LogP) is 3.57. The molecule has 1 atom stereocenters. The summed E-state index contributed by atoms with van der Waals surface area (Å²) in [6.07, 6.45) is 4.90. The third-order valence-corrected chi connectivity index (χ3v) is 4.86. The Balaban J connectivity index is 1.69. The summed E-state index contributed by atoms with van der Waals surface area (Å²) >= 11 is 0. The van der Waals surface area contributed by atoms with Gasteiger partial charge in [-0.3, -0.25) is 4.79 Å². The normalized spacial score (nSPS) is 12.0. The fraction of sp³-hybridized carbons (Fsp3) is 0.136. The minimum Gasteiger partial charge on any atom is -0.338 e. The minimum absolute atomic E-state index is 0.346. The molecule has 7 heteroatoms. The topological polar surface area (TPSA) is 64.7 Å². The first kappa shape index (κ1) is 18.6. The number of aryl methyl sites for hydroxylation is 1. The molecule has 4 rings (SSSR count). The van der Waals surface area contributed by atoms with Gasteiger partial charge in [-0.1, -0.05) is 36.4 Å². The van der Waals surface area contributed by atoms with Crippen molar-refractivity contribution in [2.75, 3.05) is 0 Å². The van der Waals surface area contributed by atoms with E-state index in [2.05, 4.69) is 15.4 Å². The number of amides is 1. The van der Waals surface area contributed by atoms with E-state index < -0.39 is 11.9 Å². The number of rotatable bonds is 5. The van der Waals surface area contributed by atoms with E-state index >= 15 is 0 Å². The molecule has 0 aliphatic rings. The molecule has 6 nitrogen and oxygen atoms in total. The van der Waals surface area contributed by atoms with Crippen LogP contribution in [0.1, 0.15) is 33.5 Å². The number of hydrogen-bond donors (Lipinski definition) is 1. The van der Waals surface area contributed by atoms with Gasteiger partial charge in [0.2, 0.25) is 0 Å². The number of nitrogens with one attached hydrogen (secondary N) is 1. The summed E-state index contributed by atoms with van der Waals surface area (Å²) in [6.45, 7) is 1.83. The van der Waals surface area contributed by atoms with Gasteiger partial charge in [0.05, 0.1) is 23.1 Å². The Kier molecular flexibility index (Phi) is 4.95. The van der Waals surface area contributed by atoms with Crippen LogP contribution in [0.3, 0.4) is 0 Å². The SMILES string of the molecule is Cc1c(C(=O)NC(c2ccccc2F)c2nccn2C)cnn1-c1ccccc1. The molecule has 0 bridgehead atoms. The number of halogens is 1. The lowest BCUT2D eigenvalue weighted by Gasteiger charge is -2.19. The Morgan fingerprint density at radius 3 is 2.52 bits per heavy atom. The maximum atomic E-state index is 14.5. The number of carbonyl (C=O) groups excluding carboxylic acids is 1. The number of nitrogens with zero attached hydrogens (tertiary/aromatic N) is 4. The second kappa shape index (κ2) is 7.71. The summed E-state index contributed by atoms with van der Waals surface area (Å²) < 4.78 is 18.0. The average Bonchev–Trinajstić information content (AvgIpc) is 3.33. The maximum absolute atomic E-state index is 14.5. The molecule has 0 aliphatic carbocycles. The van der Waals surface area contributed by atoms with Crippen molar-refractivity contribution in [3.8, 4) is 5.69 Å². The lowest BCUT2D eigenvalue weighted by Crippen LogP contribution is -2.32. The van der Waals surface area contributed by atoms with Crippen LogP contribution in [0.4, 0.5) is 4.39 Å². The van der Waals surface area contributed by atoms with Gasteiger partial charge in [-0.2, -0.15) is 5.10 Å². The van der Waals surface area contributed by atoms with E-state index in [0.29, 0.717) is 22.6 Å². The number of hydrogen-bond acceptors (Lipinski definition) is 3. The third-order valence-electron chi connectivity index (χ3n) is 4.86. The molecular weight excluding hydrogens is 369 g/mol. The Morgan fingerprint density at radius 1 is 1.10 bits per heavy atom. The van der Waals surface area contributed by atoms with E-state index in [-0.39, 0.29) is 5.91 Å². The van der Waals surface area contributed by atoms with Crippen LogP contribution < -0.4 is 5.32 Å². The zero-order chi connectivity index (χ0) is 20.4. The van der Waals surface area contributed by atoms with Crippen molar-refractivity contribution in [3.05, 3.63) is 102 Å². The monoisotopic (exact) mass is 389 g/mol. The highest BCUT2D eigenvalue weighted by atomic mass is 19.1. The first-order valence-electron chi connectivity index (χ1n) is 9.19. The Labute approximate surface area is 167 Å². The average molecular weight is 389 g/mol. The van der Waals surface area contributed by atoms with Gasteiger partial charge in [-0.05, 0) is 25.1 Å². The van der Waals surface area contributed by atoms with Crippen LogP contribution in [-0.2, 0) is 7.05 Å². The molecule has 1 amide bonds. The smallest absolute Gasteiger partial charge is 0.255 e. The summed E-state index contributed by atoms with van der Waals surface area (Å²) in [4.78, 5) is 17.4. The quantitative estimate of drug-likeness (QED) is 0.568. The van der Waals surface area contributed by atoms with E-state index in [0.717, 1.165) is 5.69 Å². The van der Waals surface area contributed by atoms with Gasteiger partial charge < -0.3 is 9.88 Å². The van der Waals surface area contributed by atoms with Crippen LogP contribution in [0.2, 0.25) is 0 Å². The zero-order valence-corrected chi connectivity index (χ0v) is 16.1. The Hall–Kier alpha value is -3.74. The fourth-order valence-electron chi connectivity index (χ4n) is 3.32. The molecule has 0 saturated carbocycles. The largest absolute Gasteiger partial charge is 0.338 e. The molecule has 4 aromatic rings. The van der Waals surface area contributed by atoms with Gasteiger partial charge in [0.25, 0.3) is 5.91 Å². The first-order chi connectivity index (χ1) is 14.1. The predicted molar refractivity (Wildman–Crippen MR) is 107 cm³/mol. The summed E-state index contributed by atoms with van der Waals surface area (Å²) in [5, 5.41) is 7.27. The maximum Gasteiger partial charge on any atom is 0.255 e. The van der Waals surface area contributed by atoms with E-state index in [1.165, 1.54) is 12.3 Å². The van der Waals surface area contributed by atoms with E-state index in [1.807, 2.05) is 37.3 Å². The van der Waals surface area contributed by atoms with Gasteiger partial charge in [0, 0.05) is 25.0 Å². The Morgan fingerprint density at radius 2 is 1.83 bits per heavy atom. The molecule has 1 unspecified atom stereocenters. The lowest BCUT2D eigenvalue weighted by molar-refractivity contribution is 0.0940. The third kappa shape index (κ3) is 3.54.